The Morgan fingerprint density at radius 3 is 1.26 bits per heavy atom. The summed E-state index contributed by atoms with van der Waals surface area (Å²) in [5.74, 6) is -0.0767. The Bertz CT molecular complexity index is 661. The number of unbranched alkanes of at least 4 members (excludes halogenated alkanes) is 28. The minimum atomic E-state index is -0.856. The van der Waals surface area contributed by atoms with Crippen molar-refractivity contribution < 1.29 is 15.0 Å². The molecule has 0 aromatic rings. The first kappa shape index (κ1) is 44.9. The van der Waals surface area contributed by atoms with Crippen molar-refractivity contribution in [2.45, 2.75) is 231 Å². The lowest BCUT2D eigenvalue weighted by Gasteiger charge is -2.19. The SMILES string of the molecule is CCCCCCCCCCCCCCCCCCCCC/C=C/CC/C=C/C(O)C(CO)NC(=O)CCCCCCCCCCC. The Hall–Kier alpha value is -1.13. The van der Waals surface area contributed by atoms with Crippen LogP contribution in [0.3, 0.4) is 0 Å². The van der Waals surface area contributed by atoms with Crippen molar-refractivity contribution in [1.82, 2.24) is 5.32 Å². The average molecular weight is 648 g/mol. The van der Waals surface area contributed by atoms with Gasteiger partial charge >= 0.3 is 0 Å². The number of rotatable bonds is 37. The van der Waals surface area contributed by atoms with Crippen molar-refractivity contribution in [3.63, 3.8) is 0 Å². The van der Waals surface area contributed by atoms with Crippen LogP contribution in [0.25, 0.3) is 0 Å². The van der Waals surface area contributed by atoms with Crippen LogP contribution >= 0.6 is 0 Å². The van der Waals surface area contributed by atoms with Crippen LogP contribution < -0.4 is 5.32 Å². The number of amides is 1. The second kappa shape index (κ2) is 38.3. The van der Waals surface area contributed by atoms with Gasteiger partial charge in [0.1, 0.15) is 0 Å². The number of nitrogens with one attached hydrogen (secondary N) is 1. The molecule has 0 aliphatic carbocycles. The third-order valence-electron chi connectivity index (χ3n) is 9.44. The van der Waals surface area contributed by atoms with Crippen LogP contribution in [-0.2, 0) is 4.79 Å². The molecule has 0 rings (SSSR count). The highest BCUT2D eigenvalue weighted by molar-refractivity contribution is 5.76. The zero-order valence-electron chi connectivity index (χ0n) is 31.1. The first-order valence-electron chi connectivity index (χ1n) is 20.6. The summed E-state index contributed by atoms with van der Waals surface area (Å²) in [4.78, 5) is 12.2. The van der Waals surface area contributed by atoms with Gasteiger partial charge in [-0.05, 0) is 32.1 Å². The molecule has 0 aliphatic rings. The first-order chi connectivity index (χ1) is 22.7. The Kier molecular flexibility index (Phi) is 37.4. The van der Waals surface area contributed by atoms with E-state index in [1.54, 1.807) is 6.08 Å². The van der Waals surface area contributed by atoms with Crippen LogP contribution in [0.4, 0.5) is 0 Å². The van der Waals surface area contributed by atoms with Gasteiger partial charge in [0.15, 0.2) is 0 Å². The maximum absolute atomic E-state index is 12.2. The molecule has 4 nitrogen and oxygen atoms in total. The molecular formula is C42H81NO3. The quantitative estimate of drug-likeness (QED) is 0.0464. The summed E-state index contributed by atoms with van der Waals surface area (Å²) in [5.41, 5.74) is 0. The molecule has 0 saturated heterocycles. The van der Waals surface area contributed by atoms with E-state index in [4.69, 9.17) is 0 Å². The summed E-state index contributed by atoms with van der Waals surface area (Å²) >= 11 is 0. The average Bonchev–Trinajstić information content (AvgIpc) is 3.06. The van der Waals surface area contributed by atoms with E-state index in [1.165, 1.54) is 167 Å². The fourth-order valence-corrected chi connectivity index (χ4v) is 6.25. The van der Waals surface area contributed by atoms with Crippen LogP contribution in [0, 0.1) is 0 Å². The monoisotopic (exact) mass is 648 g/mol. The van der Waals surface area contributed by atoms with Crippen molar-refractivity contribution in [2.75, 3.05) is 6.61 Å². The smallest absolute Gasteiger partial charge is 0.220 e. The van der Waals surface area contributed by atoms with Crippen molar-refractivity contribution in [2.24, 2.45) is 0 Å². The van der Waals surface area contributed by atoms with Gasteiger partial charge in [-0.1, -0.05) is 205 Å². The number of hydrogen-bond donors (Lipinski definition) is 3. The fraction of sp³-hybridized carbons (Fsp3) is 0.881. The van der Waals surface area contributed by atoms with Gasteiger partial charge in [-0.2, -0.15) is 0 Å². The Morgan fingerprint density at radius 2 is 0.848 bits per heavy atom. The largest absolute Gasteiger partial charge is 0.394 e. The van der Waals surface area contributed by atoms with E-state index in [0.29, 0.717) is 6.42 Å². The van der Waals surface area contributed by atoms with E-state index >= 15 is 0 Å². The van der Waals surface area contributed by atoms with E-state index in [2.05, 4.69) is 31.3 Å². The molecule has 0 spiro atoms. The summed E-state index contributed by atoms with van der Waals surface area (Å²) in [5, 5.41) is 22.8. The fourth-order valence-electron chi connectivity index (χ4n) is 6.25. The number of aliphatic hydroxyl groups excluding tert-OH is 2. The Morgan fingerprint density at radius 1 is 0.500 bits per heavy atom. The van der Waals surface area contributed by atoms with Crippen molar-refractivity contribution >= 4 is 5.91 Å². The zero-order valence-corrected chi connectivity index (χ0v) is 31.1. The van der Waals surface area contributed by atoms with E-state index in [1.807, 2.05) is 6.08 Å². The first-order valence-corrected chi connectivity index (χ1v) is 20.6. The van der Waals surface area contributed by atoms with Crippen LogP contribution in [0.5, 0.6) is 0 Å². The van der Waals surface area contributed by atoms with Gasteiger partial charge in [-0.3, -0.25) is 4.79 Å². The topological polar surface area (TPSA) is 69.6 Å². The molecule has 0 fully saturated rings. The molecule has 2 atom stereocenters. The zero-order chi connectivity index (χ0) is 33.6. The standard InChI is InChI=1S/C42H81NO3/c1-3-5-7-9-11-13-14-15-16-17-18-19-20-21-22-23-24-25-26-27-28-30-31-33-35-37-41(45)40(39-44)43-42(46)38-36-34-32-29-12-10-8-6-4-2/h28,30,35,37,40-41,44-45H,3-27,29,31-34,36,38-39H2,1-2H3,(H,43,46)/b30-28+,37-35+. The minimum absolute atomic E-state index is 0.0767. The van der Waals surface area contributed by atoms with Gasteiger partial charge in [-0.25, -0.2) is 0 Å². The van der Waals surface area contributed by atoms with Crippen LogP contribution in [0.2, 0.25) is 0 Å². The van der Waals surface area contributed by atoms with Gasteiger partial charge in [0.25, 0.3) is 0 Å². The van der Waals surface area contributed by atoms with Crippen LogP contribution in [0.1, 0.15) is 219 Å². The van der Waals surface area contributed by atoms with Crippen molar-refractivity contribution in [1.29, 1.82) is 0 Å². The van der Waals surface area contributed by atoms with Gasteiger partial charge in [0, 0.05) is 6.42 Å². The summed E-state index contributed by atoms with van der Waals surface area (Å²) in [6.45, 7) is 4.28. The lowest BCUT2D eigenvalue weighted by molar-refractivity contribution is -0.123. The van der Waals surface area contributed by atoms with Crippen molar-refractivity contribution in [3.05, 3.63) is 24.3 Å². The van der Waals surface area contributed by atoms with Crippen LogP contribution in [-0.4, -0.2) is 34.9 Å². The molecule has 0 saturated carbocycles. The lowest BCUT2D eigenvalue weighted by Crippen LogP contribution is -2.45. The molecule has 0 aromatic heterocycles. The van der Waals surface area contributed by atoms with E-state index in [0.717, 1.165) is 32.1 Å². The highest BCUT2D eigenvalue weighted by Gasteiger charge is 2.17. The predicted octanol–water partition coefficient (Wildman–Crippen LogP) is 12.5. The molecule has 0 radical (unpaired) electrons. The number of carbonyl (C=O) groups is 1. The van der Waals surface area contributed by atoms with Gasteiger partial charge < -0.3 is 15.5 Å². The molecule has 4 heteroatoms. The van der Waals surface area contributed by atoms with E-state index in [9.17, 15) is 15.0 Å². The lowest BCUT2D eigenvalue weighted by atomic mass is 10.0. The van der Waals surface area contributed by atoms with Crippen molar-refractivity contribution in [3.8, 4) is 0 Å². The van der Waals surface area contributed by atoms with Crippen LogP contribution in [0.15, 0.2) is 24.3 Å². The molecule has 1 amide bonds. The molecule has 0 bridgehead atoms. The normalized spacial score (nSPS) is 13.2. The summed E-state index contributed by atoms with van der Waals surface area (Å²) in [6, 6.07) is -0.632. The highest BCUT2D eigenvalue weighted by atomic mass is 16.3. The second-order valence-electron chi connectivity index (χ2n) is 14.1. The number of carbonyl (C=O) groups excluding carboxylic acids is 1. The van der Waals surface area contributed by atoms with E-state index in [-0.39, 0.29) is 12.5 Å². The number of allylic oxidation sites excluding steroid dienone is 3. The molecule has 46 heavy (non-hydrogen) atoms. The molecule has 0 heterocycles. The molecule has 3 N–H and O–H groups in total. The highest BCUT2D eigenvalue weighted by Crippen LogP contribution is 2.15. The third kappa shape index (κ3) is 34.2. The molecule has 2 unspecified atom stereocenters. The maximum Gasteiger partial charge on any atom is 0.220 e. The molecule has 272 valence electrons. The summed E-state index contributed by atoms with van der Waals surface area (Å²) < 4.78 is 0. The van der Waals surface area contributed by atoms with E-state index < -0.39 is 12.1 Å². The number of hydrogen-bond acceptors (Lipinski definition) is 3. The third-order valence-corrected chi connectivity index (χ3v) is 9.44. The molecular weight excluding hydrogens is 566 g/mol. The second-order valence-corrected chi connectivity index (χ2v) is 14.1. The Balaban J connectivity index is 3.54. The van der Waals surface area contributed by atoms with Gasteiger partial charge in [0.2, 0.25) is 5.91 Å². The summed E-state index contributed by atoms with van der Waals surface area (Å²) in [7, 11) is 0. The number of aliphatic hydroxyl groups is 2. The Labute approximate surface area is 288 Å². The molecule has 0 aromatic carbocycles. The minimum Gasteiger partial charge on any atom is -0.394 e. The predicted molar refractivity (Wildman–Crippen MR) is 202 cm³/mol. The maximum atomic E-state index is 12.2. The van der Waals surface area contributed by atoms with Gasteiger partial charge in [-0.15, -0.1) is 0 Å². The summed E-state index contributed by atoms with van der Waals surface area (Å²) in [6.07, 6.45) is 48.7. The van der Waals surface area contributed by atoms with Gasteiger partial charge in [0.05, 0.1) is 18.8 Å². The molecule has 0 aliphatic heterocycles.